The molecule has 2 aromatic heterocycles. The lowest BCUT2D eigenvalue weighted by Gasteiger charge is -2.17. The Morgan fingerprint density at radius 3 is 2.64 bits per heavy atom. The summed E-state index contributed by atoms with van der Waals surface area (Å²) >= 11 is 1.57. The normalized spacial score (nSPS) is 10.8. The summed E-state index contributed by atoms with van der Waals surface area (Å²) in [6, 6.07) is 9.76. The summed E-state index contributed by atoms with van der Waals surface area (Å²) in [5, 5.41) is 4.63. The number of rotatable bonds is 5. The summed E-state index contributed by atoms with van der Waals surface area (Å²) in [6.07, 6.45) is 0. The Morgan fingerprint density at radius 2 is 1.96 bits per heavy atom. The molecule has 0 aliphatic carbocycles. The number of benzene rings is 1. The van der Waals surface area contributed by atoms with E-state index in [1.807, 2.05) is 29.1 Å². The number of fused-ring (bicyclic) bond motifs is 1. The van der Waals surface area contributed by atoms with Crippen molar-refractivity contribution >= 4 is 33.4 Å². The Bertz CT molecular complexity index is 914. The molecule has 7 heteroatoms. The Hall–Kier alpha value is -2.67. The van der Waals surface area contributed by atoms with E-state index in [4.69, 9.17) is 0 Å². The van der Waals surface area contributed by atoms with Crippen molar-refractivity contribution < 1.29 is 14.0 Å². The van der Waals surface area contributed by atoms with Gasteiger partial charge in [-0.15, -0.1) is 11.3 Å². The zero-order valence-corrected chi connectivity index (χ0v) is 14.8. The molecule has 0 unspecified atom stereocenters. The molecule has 0 bridgehead atoms. The zero-order valence-electron chi connectivity index (χ0n) is 14.0. The smallest absolute Gasteiger partial charge is 0.268 e. The summed E-state index contributed by atoms with van der Waals surface area (Å²) < 4.78 is 15.8. The molecule has 1 N–H and O–H groups in total. The monoisotopic (exact) mass is 359 g/mol. The van der Waals surface area contributed by atoms with E-state index in [2.05, 4.69) is 5.32 Å². The number of thiophene rings is 1. The van der Waals surface area contributed by atoms with Gasteiger partial charge in [0, 0.05) is 20.6 Å². The number of hydrogen-bond acceptors (Lipinski definition) is 3. The average molecular weight is 359 g/mol. The van der Waals surface area contributed by atoms with Crippen LogP contribution in [-0.4, -0.2) is 34.9 Å². The molecule has 3 aromatic rings. The number of nitrogens with one attached hydrogen (secondary N) is 1. The molecular formula is C18H18FN3O2S. The first kappa shape index (κ1) is 17.2. The number of aromatic nitrogens is 1. The fourth-order valence-electron chi connectivity index (χ4n) is 2.60. The standard InChI is InChI=1S/C18H18FN3O2S/c1-21(11-12-3-5-13(19)6-4-12)17(23)10-20-18(24)15-9-16-14(22(15)2)7-8-25-16/h3-9H,10-11H2,1-2H3,(H,20,24). The summed E-state index contributed by atoms with van der Waals surface area (Å²) in [5.41, 5.74) is 2.34. The minimum absolute atomic E-state index is 0.0879. The molecule has 2 heterocycles. The number of carbonyl (C=O) groups is 2. The molecule has 25 heavy (non-hydrogen) atoms. The van der Waals surface area contributed by atoms with Crippen LogP contribution in [-0.2, 0) is 18.4 Å². The van der Waals surface area contributed by atoms with Crippen LogP contribution in [0.4, 0.5) is 4.39 Å². The van der Waals surface area contributed by atoms with Gasteiger partial charge in [0.25, 0.3) is 5.91 Å². The van der Waals surface area contributed by atoms with Crippen LogP contribution in [0.2, 0.25) is 0 Å². The maximum absolute atomic E-state index is 12.9. The lowest BCUT2D eigenvalue weighted by atomic mass is 10.2. The van der Waals surface area contributed by atoms with Gasteiger partial charge in [-0.05, 0) is 35.2 Å². The van der Waals surface area contributed by atoms with Gasteiger partial charge >= 0.3 is 0 Å². The predicted octanol–water partition coefficient (Wildman–Crippen LogP) is 2.77. The van der Waals surface area contributed by atoms with Crippen LogP contribution in [0.25, 0.3) is 10.2 Å². The molecular weight excluding hydrogens is 341 g/mol. The van der Waals surface area contributed by atoms with Crippen LogP contribution in [0.15, 0.2) is 41.8 Å². The van der Waals surface area contributed by atoms with Crippen molar-refractivity contribution in [2.24, 2.45) is 7.05 Å². The Morgan fingerprint density at radius 1 is 1.24 bits per heavy atom. The number of carbonyl (C=O) groups excluding carboxylic acids is 2. The van der Waals surface area contributed by atoms with Crippen molar-refractivity contribution in [3.8, 4) is 0 Å². The highest BCUT2D eigenvalue weighted by Gasteiger charge is 2.16. The van der Waals surface area contributed by atoms with Crippen molar-refractivity contribution in [2.75, 3.05) is 13.6 Å². The van der Waals surface area contributed by atoms with Gasteiger partial charge in [-0.25, -0.2) is 4.39 Å². The second kappa shape index (κ2) is 7.06. The van der Waals surface area contributed by atoms with Gasteiger partial charge in [0.05, 0.1) is 16.8 Å². The molecule has 0 saturated heterocycles. The Labute approximate surface area is 148 Å². The molecule has 0 atom stereocenters. The van der Waals surface area contributed by atoms with E-state index in [-0.39, 0.29) is 24.2 Å². The fraction of sp³-hybridized carbons (Fsp3) is 0.222. The van der Waals surface area contributed by atoms with E-state index in [1.165, 1.54) is 17.0 Å². The number of nitrogens with zero attached hydrogens (tertiary/aromatic N) is 2. The lowest BCUT2D eigenvalue weighted by molar-refractivity contribution is -0.129. The van der Waals surface area contributed by atoms with Crippen molar-refractivity contribution in [3.05, 3.63) is 58.9 Å². The third kappa shape index (κ3) is 3.71. The van der Waals surface area contributed by atoms with Crippen molar-refractivity contribution in [2.45, 2.75) is 6.54 Å². The molecule has 2 amide bonds. The first-order valence-electron chi connectivity index (χ1n) is 7.75. The molecule has 0 aliphatic heterocycles. The van der Waals surface area contributed by atoms with E-state index in [0.29, 0.717) is 12.2 Å². The second-order valence-electron chi connectivity index (χ2n) is 5.82. The maximum atomic E-state index is 12.9. The molecule has 0 fully saturated rings. The van der Waals surface area contributed by atoms with Gasteiger partial charge in [0.1, 0.15) is 11.5 Å². The van der Waals surface area contributed by atoms with Gasteiger partial charge in [0.2, 0.25) is 5.91 Å². The number of halogens is 1. The highest BCUT2D eigenvalue weighted by Crippen LogP contribution is 2.23. The highest BCUT2D eigenvalue weighted by atomic mass is 32.1. The molecule has 3 rings (SSSR count). The topological polar surface area (TPSA) is 54.3 Å². The molecule has 0 saturated carbocycles. The Balaban J connectivity index is 1.57. The van der Waals surface area contributed by atoms with Gasteiger partial charge < -0.3 is 14.8 Å². The fourth-order valence-corrected chi connectivity index (χ4v) is 3.45. The maximum Gasteiger partial charge on any atom is 0.268 e. The largest absolute Gasteiger partial charge is 0.342 e. The van der Waals surface area contributed by atoms with Crippen LogP contribution in [0.1, 0.15) is 16.1 Å². The molecule has 0 radical (unpaired) electrons. The lowest BCUT2D eigenvalue weighted by Crippen LogP contribution is -2.38. The quantitative estimate of drug-likeness (QED) is 0.762. The van der Waals surface area contributed by atoms with E-state index in [0.717, 1.165) is 15.8 Å². The number of likely N-dealkylation sites (N-methyl/N-ethyl adjacent to an activating group) is 1. The molecule has 0 spiro atoms. The molecule has 130 valence electrons. The number of aryl methyl sites for hydroxylation is 1. The van der Waals surface area contributed by atoms with Crippen LogP contribution in [0.3, 0.4) is 0 Å². The third-order valence-electron chi connectivity index (χ3n) is 4.06. The van der Waals surface area contributed by atoms with E-state index < -0.39 is 0 Å². The minimum Gasteiger partial charge on any atom is -0.342 e. The minimum atomic E-state index is -0.313. The van der Waals surface area contributed by atoms with Crippen LogP contribution in [0.5, 0.6) is 0 Å². The predicted molar refractivity (Wildman–Crippen MR) is 96.0 cm³/mol. The molecule has 1 aromatic carbocycles. The molecule has 0 aliphatic rings. The summed E-state index contributed by atoms with van der Waals surface area (Å²) in [6.45, 7) is 0.268. The van der Waals surface area contributed by atoms with E-state index >= 15 is 0 Å². The second-order valence-corrected chi connectivity index (χ2v) is 6.77. The van der Waals surface area contributed by atoms with E-state index in [9.17, 15) is 14.0 Å². The van der Waals surface area contributed by atoms with Crippen molar-refractivity contribution in [3.63, 3.8) is 0 Å². The average Bonchev–Trinajstić information content (AvgIpc) is 3.17. The first-order chi connectivity index (χ1) is 12.0. The van der Waals surface area contributed by atoms with Crippen LogP contribution in [0, 0.1) is 5.82 Å². The van der Waals surface area contributed by atoms with Crippen molar-refractivity contribution in [1.29, 1.82) is 0 Å². The number of hydrogen-bond donors (Lipinski definition) is 1. The Kier molecular flexibility index (Phi) is 4.85. The van der Waals surface area contributed by atoms with Gasteiger partial charge in [-0.2, -0.15) is 0 Å². The third-order valence-corrected chi connectivity index (χ3v) is 4.91. The van der Waals surface area contributed by atoms with E-state index in [1.54, 1.807) is 30.5 Å². The van der Waals surface area contributed by atoms with Crippen LogP contribution < -0.4 is 5.32 Å². The van der Waals surface area contributed by atoms with Crippen molar-refractivity contribution in [1.82, 2.24) is 14.8 Å². The zero-order chi connectivity index (χ0) is 18.0. The summed E-state index contributed by atoms with van der Waals surface area (Å²) in [4.78, 5) is 26.0. The summed E-state index contributed by atoms with van der Waals surface area (Å²) in [7, 11) is 3.47. The first-order valence-corrected chi connectivity index (χ1v) is 8.63. The van der Waals surface area contributed by atoms with Gasteiger partial charge in [0.15, 0.2) is 0 Å². The van der Waals surface area contributed by atoms with Crippen LogP contribution >= 0.6 is 11.3 Å². The molecule has 5 nitrogen and oxygen atoms in total. The highest BCUT2D eigenvalue weighted by molar-refractivity contribution is 7.17. The van der Waals surface area contributed by atoms with Gasteiger partial charge in [-0.1, -0.05) is 12.1 Å². The SMILES string of the molecule is CN(Cc1ccc(F)cc1)C(=O)CNC(=O)c1cc2sccc2n1C. The summed E-state index contributed by atoms with van der Waals surface area (Å²) in [5.74, 6) is -0.810. The number of amides is 2. The van der Waals surface area contributed by atoms with Gasteiger partial charge in [-0.3, -0.25) is 9.59 Å².